The molecule has 4 rings (SSSR count). The van der Waals surface area contributed by atoms with Crippen molar-refractivity contribution in [1.29, 1.82) is 0 Å². The van der Waals surface area contributed by atoms with E-state index in [0.717, 1.165) is 11.3 Å². The molecule has 0 bridgehead atoms. The molecule has 9 heteroatoms. The first kappa shape index (κ1) is 21.2. The third-order valence-electron chi connectivity index (χ3n) is 5.06. The lowest BCUT2D eigenvalue weighted by Crippen LogP contribution is -2.23. The summed E-state index contributed by atoms with van der Waals surface area (Å²) in [7, 11) is 1.61. The van der Waals surface area contributed by atoms with Crippen LogP contribution in [-0.4, -0.2) is 37.9 Å². The summed E-state index contributed by atoms with van der Waals surface area (Å²) in [4.78, 5) is 21.6. The Bertz CT molecular complexity index is 1230. The van der Waals surface area contributed by atoms with Gasteiger partial charge in [-0.2, -0.15) is 10.1 Å². The van der Waals surface area contributed by atoms with Gasteiger partial charge in [0.25, 0.3) is 11.8 Å². The van der Waals surface area contributed by atoms with Crippen molar-refractivity contribution in [2.24, 2.45) is 0 Å². The van der Waals surface area contributed by atoms with E-state index < -0.39 is 0 Å². The minimum atomic E-state index is -0.219. The van der Waals surface area contributed by atoms with Gasteiger partial charge in [-0.3, -0.25) is 4.79 Å². The Labute approximate surface area is 185 Å². The average molecular weight is 432 g/mol. The topological polar surface area (TPSA) is 108 Å². The molecule has 3 aromatic heterocycles. The number of pyridine rings is 1. The van der Waals surface area contributed by atoms with Crippen molar-refractivity contribution in [3.05, 3.63) is 71.4 Å². The fourth-order valence-corrected chi connectivity index (χ4v) is 3.21. The van der Waals surface area contributed by atoms with Gasteiger partial charge >= 0.3 is 0 Å². The number of nitrogens with one attached hydrogen (secondary N) is 1. The molecule has 0 atom stereocenters. The maximum Gasteiger partial charge on any atom is 0.259 e. The number of para-hydroxylation sites is 1. The van der Waals surface area contributed by atoms with Gasteiger partial charge in [0.05, 0.1) is 30.1 Å². The minimum Gasteiger partial charge on any atom is -0.496 e. The molecule has 1 N–H and O–H groups in total. The summed E-state index contributed by atoms with van der Waals surface area (Å²) in [6.45, 7) is 6.18. The predicted molar refractivity (Wildman–Crippen MR) is 118 cm³/mol. The number of amides is 1. The van der Waals surface area contributed by atoms with Gasteiger partial charge in [-0.1, -0.05) is 37.2 Å². The number of hydrogen-bond acceptors (Lipinski definition) is 7. The third-order valence-corrected chi connectivity index (χ3v) is 5.06. The molecule has 0 radical (unpaired) electrons. The highest BCUT2D eigenvalue weighted by atomic mass is 16.5. The molecular weight excluding hydrogens is 408 g/mol. The molecule has 0 aliphatic carbocycles. The maximum absolute atomic E-state index is 12.7. The maximum atomic E-state index is 12.7. The van der Waals surface area contributed by atoms with Crippen molar-refractivity contribution in [3.63, 3.8) is 0 Å². The quantitative estimate of drug-likeness (QED) is 0.474. The van der Waals surface area contributed by atoms with E-state index >= 15 is 0 Å². The molecule has 0 saturated carbocycles. The molecule has 4 aromatic rings. The van der Waals surface area contributed by atoms with Crippen LogP contribution in [0, 0.1) is 6.92 Å². The Morgan fingerprint density at radius 3 is 2.69 bits per heavy atom. The molecule has 3 heterocycles. The second-order valence-electron chi connectivity index (χ2n) is 7.57. The Hall–Kier alpha value is -4.01. The van der Waals surface area contributed by atoms with E-state index in [1.807, 2.05) is 51.1 Å². The van der Waals surface area contributed by atoms with E-state index in [4.69, 9.17) is 9.26 Å². The molecule has 32 heavy (non-hydrogen) atoms. The molecule has 0 saturated heterocycles. The normalized spacial score (nSPS) is 11.0. The number of ether oxygens (including phenoxy) is 1. The fraction of sp³-hybridized carbons (Fsp3) is 0.261. The second kappa shape index (κ2) is 9.01. The van der Waals surface area contributed by atoms with Crippen LogP contribution >= 0.6 is 0 Å². The van der Waals surface area contributed by atoms with Crippen LogP contribution < -0.4 is 10.1 Å². The van der Waals surface area contributed by atoms with Gasteiger partial charge in [0.2, 0.25) is 0 Å². The highest BCUT2D eigenvalue weighted by Gasteiger charge is 2.17. The number of nitrogens with zero attached hydrogens (tertiary/aromatic N) is 5. The Kier molecular flexibility index (Phi) is 5.98. The van der Waals surface area contributed by atoms with Crippen LogP contribution in [0.2, 0.25) is 0 Å². The minimum absolute atomic E-state index is 0.180. The monoisotopic (exact) mass is 432 g/mol. The molecule has 0 aliphatic heterocycles. The van der Waals surface area contributed by atoms with Gasteiger partial charge in [-0.05, 0) is 25.1 Å². The number of carbonyl (C=O) groups excluding carboxylic acids is 1. The number of hydrogen-bond donors (Lipinski definition) is 1. The Morgan fingerprint density at radius 2 is 2.00 bits per heavy atom. The number of rotatable bonds is 7. The summed E-state index contributed by atoms with van der Waals surface area (Å²) >= 11 is 0. The predicted octanol–water partition coefficient (Wildman–Crippen LogP) is 3.69. The summed E-state index contributed by atoms with van der Waals surface area (Å²) in [6.07, 6.45) is 3.19. The van der Waals surface area contributed by atoms with Crippen LogP contribution in [0.1, 0.15) is 47.2 Å². The lowest BCUT2D eigenvalue weighted by Gasteiger charge is -2.09. The van der Waals surface area contributed by atoms with Gasteiger partial charge in [0.15, 0.2) is 11.6 Å². The summed E-state index contributed by atoms with van der Waals surface area (Å²) in [5, 5.41) is 11.2. The van der Waals surface area contributed by atoms with E-state index in [0.29, 0.717) is 40.9 Å². The molecule has 0 aliphatic rings. The van der Waals surface area contributed by atoms with Crippen LogP contribution in [0.25, 0.3) is 17.3 Å². The van der Waals surface area contributed by atoms with Crippen molar-refractivity contribution < 1.29 is 14.1 Å². The molecule has 1 aromatic carbocycles. The van der Waals surface area contributed by atoms with Crippen LogP contribution in [0.15, 0.2) is 53.3 Å². The number of aromatic nitrogens is 5. The molecular formula is C23H24N6O3. The highest BCUT2D eigenvalue weighted by molar-refractivity contribution is 5.95. The zero-order valence-electron chi connectivity index (χ0n) is 18.4. The largest absolute Gasteiger partial charge is 0.496 e. The van der Waals surface area contributed by atoms with E-state index in [1.54, 1.807) is 24.1 Å². The molecule has 0 fully saturated rings. The SMILES string of the molecule is COc1ccccc1CNC(=O)c1cnn(-c2ccc(-c3nc(C(C)C)no3)cn2)c1C. The Morgan fingerprint density at radius 1 is 1.19 bits per heavy atom. The number of benzene rings is 1. The number of carbonyl (C=O) groups is 1. The first-order valence-corrected chi connectivity index (χ1v) is 10.2. The van der Waals surface area contributed by atoms with Crippen molar-refractivity contribution in [2.75, 3.05) is 7.11 Å². The average Bonchev–Trinajstić information content (AvgIpc) is 3.45. The number of methoxy groups -OCH3 is 1. The van der Waals surface area contributed by atoms with Crippen LogP contribution in [0.4, 0.5) is 0 Å². The molecule has 9 nitrogen and oxygen atoms in total. The summed E-state index contributed by atoms with van der Waals surface area (Å²) in [6, 6.07) is 11.2. The summed E-state index contributed by atoms with van der Waals surface area (Å²) in [5.41, 5.74) is 2.77. The van der Waals surface area contributed by atoms with Crippen LogP contribution in [0.3, 0.4) is 0 Å². The van der Waals surface area contributed by atoms with E-state index in [2.05, 4.69) is 25.5 Å². The second-order valence-corrected chi connectivity index (χ2v) is 7.57. The zero-order chi connectivity index (χ0) is 22.7. The smallest absolute Gasteiger partial charge is 0.259 e. The summed E-state index contributed by atoms with van der Waals surface area (Å²) in [5.74, 6) is 2.34. The molecule has 0 unspecified atom stereocenters. The zero-order valence-corrected chi connectivity index (χ0v) is 18.4. The lowest BCUT2D eigenvalue weighted by molar-refractivity contribution is 0.0950. The van der Waals surface area contributed by atoms with Gasteiger partial charge < -0.3 is 14.6 Å². The Balaban J connectivity index is 1.49. The third kappa shape index (κ3) is 4.22. The van der Waals surface area contributed by atoms with Gasteiger partial charge in [-0.15, -0.1) is 0 Å². The van der Waals surface area contributed by atoms with Crippen LogP contribution in [0.5, 0.6) is 5.75 Å². The molecule has 0 spiro atoms. The standard InChI is InChI=1S/C23H24N6O3/c1-14(2)21-27-23(32-28-21)17-9-10-20(24-12-17)29-15(3)18(13-26-29)22(30)25-11-16-7-5-6-8-19(16)31-4/h5-10,12-14H,11H2,1-4H3,(H,25,30). The van der Waals surface area contributed by atoms with Crippen LogP contribution in [-0.2, 0) is 6.54 Å². The first-order valence-electron chi connectivity index (χ1n) is 10.2. The van der Waals surface area contributed by atoms with Gasteiger partial charge in [0.1, 0.15) is 5.75 Å². The van der Waals surface area contributed by atoms with E-state index in [-0.39, 0.29) is 11.8 Å². The van der Waals surface area contributed by atoms with E-state index in [1.165, 1.54) is 6.20 Å². The molecule has 1 amide bonds. The summed E-state index contributed by atoms with van der Waals surface area (Å²) < 4.78 is 12.3. The van der Waals surface area contributed by atoms with Crippen molar-refractivity contribution >= 4 is 5.91 Å². The van der Waals surface area contributed by atoms with Crippen molar-refractivity contribution in [1.82, 2.24) is 30.2 Å². The fourth-order valence-electron chi connectivity index (χ4n) is 3.21. The van der Waals surface area contributed by atoms with Gasteiger partial charge in [-0.25, -0.2) is 9.67 Å². The molecule has 164 valence electrons. The highest BCUT2D eigenvalue weighted by Crippen LogP contribution is 2.21. The first-order chi connectivity index (χ1) is 15.5. The van der Waals surface area contributed by atoms with Crippen molar-refractivity contribution in [2.45, 2.75) is 33.2 Å². The lowest BCUT2D eigenvalue weighted by atomic mass is 10.2. The van der Waals surface area contributed by atoms with E-state index in [9.17, 15) is 4.79 Å². The van der Waals surface area contributed by atoms with Crippen molar-refractivity contribution in [3.8, 4) is 23.0 Å². The van der Waals surface area contributed by atoms with Gasteiger partial charge in [0, 0.05) is 24.2 Å².